The topological polar surface area (TPSA) is 32.5 Å². The highest BCUT2D eigenvalue weighted by Gasteiger charge is 2.34. The molecule has 15 heavy (non-hydrogen) atoms. The smallest absolute Gasteiger partial charge is 0.0353 e. The molecule has 0 radical (unpaired) electrons. The number of hydrogen-bond acceptors (Lipinski definition) is 3. The Morgan fingerprint density at radius 2 is 1.93 bits per heavy atom. The normalized spacial score (nSPS) is 31.6. The molecule has 1 saturated heterocycles. The van der Waals surface area contributed by atoms with Crippen LogP contribution in [-0.2, 0) is 0 Å². The van der Waals surface area contributed by atoms with E-state index >= 15 is 0 Å². The maximum Gasteiger partial charge on any atom is 0.0353 e. The van der Waals surface area contributed by atoms with Crippen molar-refractivity contribution in [2.24, 2.45) is 5.73 Å². The minimum atomic E-state index is 0.217. The lowest BCUT2D eigenvalue weighted by molar-refractivity contribution is 0.0481. The lowest BCUT2D eigenvalue weighted by Crippen LogP contribution is -2.56. The van der Waals surface area contributed by atoms with Crippen molar-refractivity contribution >= 4 is 0 Å². The second-order valence-corrected chi connectivity index (χ2v) is 5.87. The Hall–Kier alpha value is -0.120. The molecule has 2 unspecified atom stereocenters. The van der Waals surface area contributed by atoms with E-state index in [1.165, 1.54) is 13.0 Å². The molecule has 1 aliphatic rings. The molecule has 0 saturated carbocycles. The van der Waals surface area contributed by atoms with E-state index in [2.05, 4.69) is 44.5 Å². The predicted molar refractivity (Wildman–Crippen MR) is 66.0 cm³/mol. The molecule has 0 aromatic heterocycles. The van der Waals surface area contributed by atoms with Crippen LogP contribution in [0.1, 0.15) is 34.1 Å². The van der Waals surface area contributed by atoms with Crippen LogP contribution in [0.3, 0.4) is 0 Å². The van der Waals surface area contributed by atoms with Gasteiger partial charge in [0, 0.05) is 30.7 Å². The van der Waals surface area contributed by atoms with E-state index in [1.54, 1.807) is 0 Å². The molecule has 1 aliphatic heterocycles. The summed E-state index contributed by atoms with van der Waals surface area (Å²) in [6, 6.07) is 1.12. The predicted octanol–water partition coefficient (Wildman–Crippen LogP) is 1.14. The fourth-order valence-electron chi connectivity index (χ4n) is 2.84. The zero-order valence-corrected chi connectivity index (χ0v) is 11.0. The first-order valence-corrected chi connectivity index (χ1v) is 6.03. The van der Waals surface area contributed by atoms with E-state index in [0.29, 0.717) is 12.1 Å². The third-order valence-corrected chi connectivity index (χ3v) is 3.37. The Kier molecular flexibility index (Phi) is 4.15. The summed E-state index contributed by atoms with van der Waals surface area (Å²) in [5, 5.41) is 0. The molecule has 90 valence electrons. The standard InChI is InChI=1S/C12H27N3/c1-10-6-7-14(5)9-11(8-13)15(10)12(2,3)4/h10-11H,6-9,13H2,1-5H3. The monoisotopic (exact) mass is 213 g/mol. The third kappa shape index (κ3) is 3.16. The lowest BCUT2D eigenvalue weighted by Gasteiger charge is -2.44. The van der Waals surface area contributed by atoms with E-state index < -0.39 is 0 Å². The Morgan fingerprint density at radius 1 is 1.33 bits per heavy atom. The zero-order valence-electron chi connectivity index (χ0n) is 11.0. The Morgan fingerprint density at radius 3 is 2.40 bits per heavy atom. The first kappa shape index (κ1) is 12.9. The average Bonchev–Trinajstić information content (AvgIpc) is 2.24. The van der Waals surface area contributed by atoms with Gasteiger partial charge in [0.2, 0.25) is 0 Å². The minimum Gasteiger partial charge on any atom is -0.329 e. The molecule has 2 N–H and O–H groups in total. The molecule has 0 spiro atoms. The van der Waals surface area contributed by atoms with Crippen LogP contribution in [0.2, 0.25) is 0 Å². The summed E-state index contributed by atoms with van der Waals surface area (Å²) in [7, 11) is 2.20. The molecule has 1 heterocycles. The summed E-state index contributed by atoms with van der Waals surface area (Å²) in [4.78, 5) is 5.00. The van der Waals surface area contributed by atoms with E-state index in [0.717, 1.165) is 13.1 Å². The van der Waals surface area contributed by atoms with Gasteiger partial charge in [-0.25, -0.2) is 0 Å². The van der Waals surface area contributed by atoms with Gasteiger partial charge in [-0.15, -0.1) is 0 Å². The molecule has 1 rings (SSSR count). The maximum absolute atomic E-state index is 5.92. The molecule has 3 heteroatoms. The van der Waals surface area contributed by atoms with Crippen LogP contribution >= 0.6 is 0 Å². The Bertz CT molecular complexity index is 198. The Balaban J connectivity index is 2.86. The van der Waals surface area contributed by atoms with Crippen LogP contribution in [-0.4, -0.2) is 54.1 Å². The molecule has 1 fully saturated rings. The summed E-state index contributed by atoms with van der Waals surface area (Å²) in [5.41, 5.74) is 6.13. The number of rotatable bonds is 1. The van der Waals surface area contributed by atoms with Gasteiger partial charge in [0.15, 0.2) is 0 Å². The molecule has 3 nitrogen and oxygen atoms in total. The van der Waals surface area contributed by atoms with Gasteiger partial charge in [0.05, 0.1) is 0 Å². The van der Waals surface area contributed by atoms with E-state index in [4.69, 9.17) is 5.73 Å². The number of hydrogen-bond donors (Lipinski definition) is 1. The first-order chi connectivity index (χ1) is 6.86. The second-order valence-electron chi connectivity index (χ2n) is 5.87. The van der Waals surface area contributed by atoms with Crippen molar-refractivity contribution in [2.45, 2.75) is 51.7 Å². The van der Waals surface area contributed by atoms with Gasteiger partial charge in [0.1, 0.15) is 0 Å². The van der Waals surface area contributed by atoms with E-state index in [1.807, 2.05) is 0 Å². The fraction of sp³-hybridized carbons (Fsp3) is 1.00. The lowest BCUT2D eigenvalue weighted by atomic mass is 9.99. The van der Waals surface area contributed by atoms with Crippen LogP contribution in [0.4, 0.5) is 0 Å². The van der Waals surface area contributed by atoms with E-state index in [-0.39, 0.29) is 5.54 Å². The van der Waals surface area contributed by atoms with Crippen molar-refractivity contribution < 1.29 is 0 Å². The van der Waals surface area contributed by atoms with Crippen LogP contribution in [0.25, 0.3) is 0 Å². The Labute approximate surface area is 94.6 Å². The summed E-state index contributed by atoms with van der Waals surface area (Å²) >= 11 is 0. The van der Waals surface area contributed by atoms with Crippen molar-refractivity contribution in [3.05, 3.63) is 0 Å². The van der Waals surface area contributed by atoms with Crippen molar-refractivity contribution in [1.82, 2.24) is 9.80 Å². The van der Waals surface area contributed by atoms with Gasteiger partial charge in [-0.3, -0.25) is 4.90 Å². The highest BCUT2D eigenvalue weighted by molar-refractivity contribution is 4.91. The molecule has 0 aliphatic carbocycles. The van der Waals surface area contributed by atoms with E-state index in [9.17, 15) is 0 Å². The molecular formula is C12H27N3. The highest BCUT2D eigenvalue weighted by atomic mass is 15.3. The number of nitrogens with zero attached hydrogens (tertiary/aromatic N) is 2. The van der Waals surface area contributed by atoms with Crippen LogP contribution in [0.5, 0.6) is 0 Å². The van der Waals surface area contributed by atoms with Gasteiger partial charge in [-0.1, -0.05) is 0 Å². The molecule has 0 aromatic carbocycles. The van der Waals surface area contributed by atoms with Crippen LogP contribution < -0.4 is 5.73 Å². The van der Waals surface area contributed by atoms with Gasteiger partial charge >= 0.3 is 0 Å². The summed E-state index contributed by atoms with van der Waals surface area (Å²) in [6.45, 7) is 12.2. The third-order valence-electron chi connectivity index (χ3n) is 3.37. The quantitative estimate of drug-likeness (QED) is 0.709. The van der Waals surface area contributed by atoms with Gasteiger partial charge in [-0.05, 0) is 47.7 Å². The van der Waals surface area contributed by atoms with Crippen LogP contribution in [0, 0.1) is 0 Å². The second kappa shape index (κ2) is 4.81. The number of nitrogens with two attached hydrogens (primary N) is 1. The van der Waals surface area contributed by atoms with Crippen molar-refractivity contribution in [3.63, 3.8) is 0 Å². The SMILES string of the molecule is CC1CCN(C)CC(CN)N1C(C)(C)C. The van der Waals surface area contributed by atoms with Crippen LogP contribution in [0.15, 0.2) is 0 Å². The minimum absolute atomic E-state index is 0.217. The molecular weight excluding hydrogens is 186 g/mol. The van der Waals surface area contributed by atoms with Gasteiger partial charge in [-0.2, -0.15) is 0 Å². The average molecular weight is 213 g/mol. The van der Waals surface area contributed by atoms with Crippen molar-refractivity contribution in [2.75, 3.05) is 26.7 Å². The van der Waals surface area contributed by atoms with Gasteiger partial charge < -0.3 is 10.6 Å². The largest absolute Gasteiger partial charge is 0.329 e. The molecule has 2 atom stereocenters. The van der Waals surface area contributed by atoms with Gasteiger partial charge in [0.25, 0.3) is 0 Å². The van der Waals surface area contributed by atoms with Crippen molar-refractivity contribution in [1.29, 1.82) is 0 Å². The summed E-state index contributed by atoms with van der Waals surface area (Å²) < 4.78 is 0. The fourth-order valence-corrected chi connectivity index (χ4v) is 2.84. The molecule has 0 aromatic rings. The maximum atomic E-state index is 5.92. The summed E-state index contributed by atoms with van der Waals surface area (Å²) in [6.07, 6.45) is 1.24. The number of likely N-dealkylation sites (N-methyl/N-ethyl adjacent to an activating group) is 1. The van der Waals surface area contributed by atoms with Crippen molar-refractivity contribution in [3.8, 4) is 0 Å². The first-order valence-electron chi connectivity index (χ1n) is 6.03. The summed E-state index contributed by atoms with van der Waals surface area (Å²) in [5.74, 6) is 0. The highest BCUT2D eigenvalue weighted by Crippen LogP contribution is 2.24. The molecule has 0 amide bonds. The molecule has 0 bridgehead atoms. The zero-order chi connectivity index (χ0) is 11.6.